The standard InChI is InChI=1S/C19H20N4O4/c24-19(22-21-12-14-1-2-16-17(11-14)27-13-26-16)18(15-3-5-20-6-4-15)23-7-9-25-10-8-23/h1-6,11-12,18H,7-10,13H2,(H,22,24)/b21-12+. The van der Waals surface area contributed by atoms with Crippen LogP contribution in [0, 0.1) is 0 Å². The topological polar surface area (TPSA) is 85.3 Å². The van der Waals surface area contributed by atoms with Crippen molar-refractivity contribution in [2.75, 3.05) is 33.1 Å². The van der Waals surface area contributed by atoms with Gasteiger partial charge in [-0.25, -0.2) is 5.43 Å². The monoisotopic (exact) mass is 368 g/mol. The molecule has 0 spiro atoms. The van der Waals surface area contributed by atoms with Crippen molar-refractivity contribution in [2.24, 2.45) is 5.10 Å². The Morgan fingerprint density at radius 3 is 2.74 bits per heavy atom. The number of hydrazone groups is 1. The molecule has 2 aromatic rings. The lowest BCUT2D eigenvalue weighted by Gasteiger charge is -2.33. The van der Waals surface area contributed by atoms with Crippen molar-refractivity contribution in [3.05, 3.63) is 53.9 Å². The van der Waals surface area contributed by atoms with E-state index in [1.807, 2.05) is 30.3 Å². The molecule has 1 aromatic heterocycles. The molecule has 27 heavy (non-hydrogen) atoms. The lowest BCUT2D eigenvalue weighted by Crippen LogP contribution is -2.44. The summed E-state index contributed by atoms with van der Waals surface area (Å²) < 4.78 is 16.0. The molecule has 3 heterocycles. The third-order valence-corrected chi connectivity index (χ3v) is 4.47. The molecular formula is C19H20N4O4. The number of nitrogens with zero attached hydrogens (tertiary/aromatic N) is 3. The fraction of sp³-hybridized carbons (Fsp3) is 0.316. The van der Waals surface area contributed by atoms with E-state index in [1.54, 1.807) is 18.6 Å². The highest BCUT2D eigenvalue weighted by Crippen LogP contribution is 2.32. The summed E-state index contributed by atoms with van der Waals surface area (Å²) in [4.78, 5) is 19.0. The zero-order valence-corrected chi connectivity index (χ0v) is 14.7. The third kappa shape index (κ3) is 4.07. The molecule has 2 aliphatic heterocycles. The van der Waals surface area contributed by atoms with E-state index in [0.717, 1.165) is 11.1 Å². The molecule has 1 aromatic carbocycles. The highest BCUT2D eigenvalue weighted by atomic mass is 16.7. The first-order chi connectivity index (χ1) is 13.3. The second-order valence-electron chi connectivity index (χ2n) is 6.18. The van der Waals surface area contributed by atoms with Crippen LogP contribution in [0.15, 0.2) is 47.8 Å². The van der Waals surface area contributed by atoms with Gasteiger partial charge in [-0.1, -0.05) is 0 Å². The molecule has 4 rings (SSSR count). The van der Waals surface area contributed by atoms with Gasteiger partial charge in [-0.3, -0.25) is 14.7 Å². The predicted octanol–water partition coefficient (Wildman–Crippen LogP) is 1.33. The Hall–Kier alpha value is -2.97. The summed E-state index contributed by atoms with van der Waals surface area (Å²) in [7, 11) is 0. The first-order valence-electron chi connectivity index (χ1n) is 8.75. The van der Waals surface area contributed by atoms with E-state index < -0.39 is 6.04 Å². The molecule has 140 valence electrons. The van der Waals surface area contributed by atoms with Crippen LogP contribution in [0.25, 0.3) is 0 Å². The summed E-state index contributed by atoms with van der Waals surface area (Å²) in [5, 5.41) is 4.11. The Morgan fingerprint density at radius 1 is 1.15 bits per heavy atom. The molecule has 0 radical (unpaired) electrons. The number of rotatable bonds is 5. The number of amides is 1. The Bertz CT molecular complexity index is 822. The van der Waals surface area contributed by atoms with Gasteiger partial charge in [0.1, 0.15) is 6.04 Å². The van der Waals surface area contributed by atoms with Crippen LogP contribution in [0.1, 0.15) is 17.2 Å². The van der Waals surface area contributed by atoms with Gasteiger partial charge in [-0.2, -0.15) is 5.10 Å². The minimum Gasteiger partial charge on any atom is -0.454 e. The van der Waals surface area contributed by atoms with Crippen molar-refractivity contribution in [3.8, 4) is 11.5 Å². The van der Waals surface area contributed by atoms with Gasteiger partial charge >= 0.3 is 0 Å². The summed E-state index contributed by atoms with van der Waals surface area (Å²) in [6, 6.07) is 8.75. The maximum Gasteiger partial charge on any atom is 0.262 e. The highest BCUT2D eigenvalue weighted by Gasteiger charge is 2.28. The van der Waals surface area contributed by atoms with Crippen LogP contribution in [0.4, 0.5) is 0 Å². The van der Waals surface area contributed by atoms with Crippen LogP contribution in [-0.4, -0.2) is 55.1 Å². The summed E-state index contributed by atoms with van der Waals surface area (Å²) in [6.07, 6.45) is 4.96. The van der Waals surface area contributed by atoms with Crippen molar-refractivity contribution < 1.29 is 19.0 Å². The molecule has 8 nitrogen and oxygen atoms in total. The van der Waals surface area contributed by atoms with Crippen LogP contribution < -0.4 is 14.9 Å². The van der Waals surface area contributed by atoms with Gasteiger partial charge in [-0.15, -0.1) is 0 Å². The summed E-state index contributed by atoms with van der Waals surface area (Å²) in [5.74, 6) is 1.19. The number of hydrogen-bond acceptors (Lipinski definition) is 7. The summed E-state index contributed by atoms with van der Waals surface area (Å²) in [5.41, 5.74) is 4.34. The van der Waals surface area contributed by atoms with Gasteiger partial charge in [0.25, 0.3) is 5.91 Å². The Kier molecular flexibility index (Phi) is 5.27. The molecular weight excluding hydrogens is 348 g/mol. The van der Waals surface area contributed by atoms with Gasteiger partial charge < -0.3 is 14.2 Å². The summed E-state index contributed by atoms with van der Waals surface area (Å²) >= 11 is 0. The quantitative estimate of drug-likeness (QED) is 0.633. The minimum atomic E-state index is -0.439. The Morgan fingerprint density at radius 2 is 1.93 bits per heavy atom. The molecule has 2 aliphatic rings. The average molecular weight is 368 g/mol. The predicted molar refractivity (Wildman–Crippen MR) is 97.7 cm³/mol. The first-order valence-corrected chi connectivity index (χ1v) is 8.75. The fourth-order valence-corrected chi connectivity index (χ4v) is 3.13. The number of pyridine rings is 1. The highest BCUT2D eigenvalue weighted by molar-refractivity contribution is 5.86. The lowest BCUT2D eigenvalue weighted by atomic mass is 10.1. The molecule has 1 unspecified atom stereocenters. The van der Waals surface area contributed by atoms with Crippen LogP contribution in [0.2, 0.25) is 0 Å². The third-order valence-electron chi connectivity index (χ3n) is 4.47. The largest absolute Gasteiger partial charge is 0.454 e. The van der Waals surface area contributed by atoms with E-state index in [2.05, 4.69) is 20.4 Å². The Balaban J connectivity index is 1.46. The number of fused-ring (bicyclic) bond motifs is 1. The number of hydrogen-bond donors (Lipinski definition) is 1. The number of morpholine rings is 1. The van der Waals surface area contributed by atoms with Crippen LogP contribution in [0.5, 0.6) is 11.5 Å². The van der Waals surface area contributed by atoms with Gasteiger partial charge in [0, 0.05) is 25.5 Å². The van der Waals surface area contributed by atoms with E-state index in [4.69, 9.17) is 14.2 Å². The number of nitrogens with one attached hydrogen (secondary N) is 1. The fourth-order valence-electron chi connectivity index (χ4n) is 3.13. The minimum absolute atomic E-state index is 0.194. The smallest absolute Gasteiger partial charge is 0.262 e. The van der Waals surface area contributed by atoms with E-state index in [0.29, 0.717) is 37.8 Å². The molecule has 1 atom stereocenters. The van der Waals surface area contributed by atoms with Gasteiger partial charge in [0.2, 0.25) is 6.79 Å². The van der Waals surface area contributed by atoms with E-state index in [9.17, 15) is 4.79 Å². The number of carbonyl (C=O) groups excluding carboxylic acids is 1. The maximum absolute atomic E-state index is 12.8. The molecule has 1 amide bonds. The SMILES string of the molecule is O=C(N/N=C/c1ccc2c(c1)OCO2)C(c1ccncc1)N1CCOCC1. The van der Waals surface area contributed by atoms with Crippen molar-refractivity contribution in [1.29, 1.82) is 0 Å². The molecule has 0 aliphatic carbocycles. The van der Waals surface area contributed by atoms with Crippen molar-refractivity contribution in [2.45, 2.75) is 6.04 Å². The zero-order chi connectivity index (χ0) is 18.5. The number of ether oxygens (including phenoxy) is 3. The lowest BCUT2D eigenvalue weighted by molar-refractivity contribution is -0.128. The summed E-state index contributed by atoms with van der Waals surface area (Å²) in [6.45, 7) is 2.81. The first kappa shape index (κ1) is 17.4. The zero-order valence-electron chi connectivity index (χ0n) is 14.7. The van der Waals surface area contributed by atoms with E-state index in [-0.39, 0.29) is 12.7 Å². The van der Waals surface area contributed by atoms with Crippen molar-refractivity contribution in [1.82, 2.24) is 15.3 Å². The van der Waals surface area contributed by atoms with Gasteiger partial charge in [-0.05, 0) is 41.5 Å². The van der Waals surface area contributed by atoms with Crippen LogP contribution in [0.3, 0.4) is 0 Å². The second-order valence-corrected chi connectivity index (χ2v) is 6.18. The molecule has 1 fully saturated rings. The van der Waals surface area contributed by atoms with Crippen molar-refractivity contribution in [3.63, 3.8) is 0 Å². The van der Waals surface area contributed by atoms with E-state index >= 15 is 0 Å². The molecule has 0 bridgehead atoms. The average Bonchev–Trinajstić information content (AvgIpc) is 3.18. The van der Waals surface area contributed by atoms with Crippen LogP contribution in [-0.2, 0) is 9.53 Å². The normalized spacial score (nSPS) is 17.8. The molecule has 1 saturated heterocycles. The van der Waals surface area contributed by atoms with Gasteiger partial charge in [0.15, 0.2) is 11.5 Å². The van der Waals surface area contributed by atoms with Crippen molar-refractivity contribution >= 4 is 12.1 Å². The number of benzene rings is 1. The molecule has 8 heteroatoms. The van der Waals surface area contributed by atoms with Gasteiger partial charge in [0.05, 0.1) is 19.4 Å². The molecule has 0 saturated carbocycles. The number of aromatic nitrogens is 1. The van der Waals surface area contributed by atoms with Crippen LogP contribution >= 0.6 is 0 Å². The van der Waals surface area contributed by atoms with E-state index in [1.165, 1.54) is 0 Å². The molecule has 1 N–H and O–H groups in total. The maximum atomic E-state index is 12.8. The second kappa shape index (κ2) is 8.15. The Labute approximate surface area is 156 Å². The number of carbonyl (C=O) groups is 1.